The average Bonchev–Trinajstić information content (AvgIpc) is 3.06. The molecule has 26 heavy (non-hydrogen) atoms. The van der Waals surface area contributed by atoms with Gasteiger partial charge in [-0.25, -0.2) is 4.98 Å². The summed E-state index contributed by atoms with van der Waals surface area (Å²) in [5, 5.41) is 3.06. The van der Waals surface area contributed by atoms with Gasteiger partial charge in [0.2, 0.25) is 5.91 Å². The van der Waals surface area contributed by atoms with E-state index >= 15 is 0 Å². The number of aryl methyl sites for hydroxylation is 1. The SMILES string of the molecule is CCN(CC)C(=O)CSc1nc2scc(-c3ccc(C)cc3)c2c(=O)[nH]1. The number of H-pyrrole nitrogens is 1. The Kier molecular flexibility index (Phi) is 5.78. The van der Waals surface area contributed by atoms with Gasteiger partial charge in [0.05, 0.1) is 11.1 Å². The lowest BCUT2D eigenvalue weighted by Gasteiger charge is -2.17. The molecule has 3 rings (SSSR count). The number of fused-ring (bicyclic) bond motifs is 1. The van der Waals surface area contributed by atoms with E-state index in [9.17, 15) is 9.59 Å². The summed E-state index contributed by atoms with van der Waals surface area (Å²) in [6.45, 7) is 7.31. The Bertz CT molecular complexity index is 973. The molecule has 0 aliphatic rings. The van der Waals surface area contributed by atoms with Gasteiger partial charge in [0.1, 0.15) is 4.83 Å². The van der Waals surface area contributed by atoms with E-state index in [4.69, 9.17) is 0 Å². The van der Waals surface area contributed by atoms with Gasteiger partial charge in [0.25, 0.3) is 5.56 Å². The molecule has 136 valence electrons. The smallest absolute Gasteiger partial charge is 0.260 e. The minimum atomic E-state index is -0.162. The molecule has 0 bridgehead atoms. The second kappa shape index (κ2) is 8.05. The van der Waals surface area contributed by atoms with Crippen LogP contribution >= 0.6 is 23.1 Å². The molecule has 1 amide bonds. The van der Waals surface area contributed by atoms with E-state index < -0.39 is 0 Å². The molecule has 5 nitrogen and oxygen atoms in total. The molecule has 0 aliphatic heterocycles. The fourth-order valence-electron chi connectivity index (χ4n) is 2.74. The molecule has 0 radical (unpaired) electrons. The highest BCUT2D eigenvalue weighted by molar-refractivity contribution is 7.99. The largest absolute Gasteiger partial charge is 0.343 e. The molecule has 2 aromatic heterocycles. The predicted octanol–water partition coefficient (Wildman–Crippen LogP) is 3.92. The third-order valence-electron chi connectivity index (χ3n) is 4.23. The van der Waals surface area contributed by atoms with E-state index in [2.05, 4.69) is 9.97 Å². The maximum Gasteiger partial charge on any atom is 0.260 e. The molecular weight excluding hydrogens is 366 g/mol. The van der Waals surface area contributed by atoms with Gasteiger partial charge in [-0.05, 0) is 26.3 Å². The summed E-state index contributed by atoms with van der Waals surface area (Å²) in [5.41, 5.74) is 2.92. The zero-order valence-corrected chi connectivity index (χ0v) is 16.7. The van der Waals surface area contributed by atoms with Crippen molar-refractivity contribution in [2.24, 2.45) is 0 Å². The number of hydrogen-bond acceptors (Lipinski definition) is 5. The summed E-state index contributed by atoms with van der Waals surface area (Å²) in [5.74, 6) is 0.320. The molecule has 0 saturated heterocycles. The van der Waals surface area contributed by atoms with Crippen molar-refractivity contribution in [3.63, 3.8) is 0 Å². The molecule has 0 spiro atoms. The van der Waals surface area contributed by atoms with Gasteiger partial charge in [-0.2, -0.15) is 0 Å². The Morgan fingerprint density at radius 2 is 1.92 bits per heavy atom. The van der Waals surface area contributed by atoms with Crippen molar-refractivity contribution in [3.05, 3.63) is 45.6 Å². The van der Waals surface area contributed by atoms with Crippen LogP contribution in [0.2, 0.25) is 0 Å². The van der Waals surface area contributed by atoms with E-state index in [0.29, 0.717) is 28.5 Å². The van der Waals surface area contributed by atoms with E-state index in [1.54, 1.807) is 4.90 Å². The fraction of sp³-hybridized carbons (Fsp3) is 0.316. The van der Waals surface area contributed by atoms with Crippen molar-refractivity contribution in [1.29, 1.82) is 0 Å². The number of nitrogens with one attached hydrogen (secondary N) is 1. The van der Waals surface area contributed by atoms with Crippen molar-refractivity contribution in [2.45, 2.75) is 25.9 Å². The molecule has 0 fully saturated rings. The van der Waals surface area contributed by atoms with Crippen LogP contribution in [0.15, 0.2) is 39.6 Å². The number of aromatic amines is 1. The summed E-state index contributed by atoms with van der Waals surface area (Å²) in [4.78, 5) is 34.6. The molecular formula is C19H21N3O2S2. The minimum absolute atomic E-state index is 0.0502. The standard InChI is InChI=1S/C19H21N3O2S2/c1-4-22(5-2)15(23)11-26-19-20-17(24)16-14(10-25-18(16)21-19)13-8-6-12(3)7-9-13/h6-10H,4-5,11H2,1-3H3,(H,20,21,24). The van der Waals surface area contributed by atoms with E-state index in [1.165, 1.54) is 28.7 Å². The van der Waals surface area contributed by atoms with Crippen LogP contribution < -0.4 is 5.56 Å². The third-order valence-corrected chi connectivity index (χ3v) is 5.96. The Morgan fingerprint density at radius 1 is 1.23 bits per heavy atom. The van der Waals surface area contributed by atoms with Crippen LogP contribution in [-0.2, 0) is 4.79 Å². The van der Waals surface area contributed by atoms with Crippen LogP contribution in [0.25, 0.3) is 21.3 Å². The molecule has 0 aliphatic carbocycles. The zero-order valence-electron chi connectivity index (χ0n) is 15.0. The number of rotatable bonds is 6. The summed E-state index contributed by atoms with van der Waals surface area (Å²) >= 11 is 2.72. The Hall–Kier alpha value is -2.12. The first-order chi connectivity index (χ1) is 12.5. The summed E-state index contributed by atoms with van der Waals surface area (Å²) in [7, 11) is 0. The summed E-state index contributed by atoms with van der Waals surface area (Å²) < 4.78 is 0. The van der Waals surface area contributed by atoms with Gasteiger partial charge in [0.15, 0.2) is 5.16 Å². The highest BCUT2D eigenvalue weighted by atomic mass is 32.2. The van der Waals surface area contributed by atoms with Crippen molar-refractivity contribution in [3.8, 4) is 11.1 Å². The first-order valence-electron chi connectivity index (χ1n) is 8.52. The van der Waals surface area contributed by atoms with E-state index in [0.717, 1.165) is 11.1 Å². The van der Waals surface area contributed by atoms with E-state index in [-0.39, 0.29) is 17.2 Å². The number of hydrogen-bond donors (Lipinski definition) is 1. The number of benzene rings is 1. The number of carbonyl (C=O) groups excluding carboxylic acids is 1. The summed E-state index contributed by atoms with van der Waals surface area (Å²) in [6.07, 6.45) is 0. The number of nitrogens with zero attached hydrogens (tertiary/aromatic N) is 2. The van der Waals surface area contributed by atoms with Crippen LogP contribution in [0.1, 0.15) is 19.4 Å². The first kappa shape index (κ1) is 18.7. The van der Waals surface area contributed by atoms with Gasteiger partial charge >= 0.3 is 0 Å². The molecule has 2 heterocycles. The van der Waals surface area contributed by atoms with Gasteiger partial charge in [0, 0.05) is 24.0 Å². The molecule has 1 N–H and O–H groups in total. The van der Waals surface area contributed by atoms with Crippen LogP contribution in [-0.4, -0.2) is 39.6 Å². The second-order valence-electron chi connectivity index (χ2n) is 5.92. The highest BCUT2D eigenvalue weighted by Gasteiger charge is 2.15. The van der Waals surface area contributed by atoms with Gasteiger partial charge < -0.3 is 9.88 Å². The van der Waals surface area contributed by atoms with Crippen LogP contribution in [0, 0.1) is 6.92 Å². The van der Waals surface area contributed by atoms with Crippen molar-refractivity contribution >= 4 is 39.2 Å². The zero-order chi connectivity index (χ0) is 18.7. The maximum absolute atomic E-state index is 12.6. The Balaban J connectivity index is 1.87. The van der Waals surface area contributed by atoms with Crippen molar-refractivity contribution < 1.29 is 4.79 Å². The Labute approximate surface area is 160 Å². The summed E-state index contributed by atoms with van der Waals surface area (Å²) in [6, 6.07) is 8.09. The lowest BCUT2D eigenvalue weighted by Crippen LogP contribution is -2.32. The van der Waals surface area contributed by atoms with Crippen LogP contribution in [0.5, 0.6) is 0 Å². The van der Waals surface area contributed by atoms with Gasteiger partial charge in [-0.1, -0.05) is 41.6 Å². The molecule has 3 aromatic rings. The maximum atomic E-state index is 12.6. The lowest BCUT2D eigenvalue weighted by molar-refractivity contribution is -0.127. The molecule has 7 heteroatoms. The number of thiophene rings is 1. The third kappa shape index (κ3) is 3.83. The van der Waals surface area contributed by atoms with E-state index in [1.807, 2.05) is 50.4 Å². The average molecular weight is 388 g/mol. The van der Waals surface area contributed by atoms with Gasteiger partial charge in [-0.15, -0.1) is 11.3 Å². The highest BCUT2D eigenvalue weighted by Crippen LogP contribution is 2.31. The Morgan fingerprint density at radius 3 is 2.58 bits per heavy atom. The monoisotopic (exact) mass is 387 g/mol. The van der Waals surface area contributed by atoms with Crippen molar-refractivity contribution in [2.75, 3.05) is 18.8 Å². The first-order valence-corrected chi connectivity index (χ1v) is 10.4. The predicted molar refractivity (Wildman–Crippen MR) is 109 cm³/mol. The minimum Gasteiger partial charge on any atom is -0.343 e. The number of carbonyl (C=O) groups is 1. The quantitative estimate of drug-likeness (QED) is 0.514. The number of amides is 1. The normalized spacial score (nSPS) is 11.0. The molecule has 0 unspecified atom stereocenters. The number of aromatic nitrogens is 2. The molecule has 0 saturated carbocycles. The second-order valence-corrected chi connectivity index (χ2v) is 7.74. The fourth-order valence-corrected chi connectivity index (χ4v) is 4.51. The topological polar surface area (TPSA) is 66.1 Å². The van der Waals surface area contributed by atoms with Gasteiger partial charge in [-0.3, -0.25) is 9.59 Å². The van der Waals surface area contributed by atoms with Crippen molar-refractivity contribution in [1.82, 2.24) is 14.9 Å². The van der Waals surface area contributed by atoms with Crippen LogP contribution in [0.3, 0.4) is 0 Å². The van der Waals surface area contributed by atoms with Crippen LogP contribution in [0.4, 0.5) is 0 Å². The number of thioether (sulfide) groups is 1. The molecule has 0 atom stereocenters. The molecule has 1 aromatic carbocycles. The lowest BCUT2D eigenvalue weighted by atomic mass is 10.1.